The highest BCUT2D eigenvalue weighted by Crippen LogP contribution is 2.17. The summed E-state index contributed by atoms with van der Waals surface area (Å²) >= 11 is 0. The van der Waals surface area contributed by atoms with Crippen molar-refractivity contribution in [3.8, 4) is 0 Å². The van der Waals surface area contributed by atoms with Gasteiger partial charge >= 0.3 is 0 Å². The fourth-order valence-corrected chi connectivity index (χ4v) is 5.23. The molecule has 0 bridgehead atoms. The Morgan fingerprint density at radius 2 is 1.63 bits per heavy atom. The lowest BCUT2D eigenvalue weighted by atomic mass is 9.94. The summed E-state index contributed by atoms with van der Waals surface area (Å²) in [5.41, 5.74) is -0.831. The first-order chi connectivity index (χ1) is 20.4. The topological polar surface area (TPSA) is 161 Å². The minimum Gasteiger partial charge on any atom is -0.354 e. The number of carbonyl (C=O) groups is 5. The Morgan fingerprint density at radius 3 is 2.26 bits per heavy atom. The fourth-order valence-electron chi connectivity index (χ4n) is 5.23. The molecular weight excluding hydrogens is 550 g/mol. The fraction of sp³-hybridized carbons (Fsp3) is 0.645. The van der Waals surface area contributed by atoms with Crippen molar-refractivity contribution in [1.82, 2.24) is 36.8 Å². The van der Waals surface area contributed by atoms with Gasteiger partial charge in [0.05, 0.1) is 0 Å². The van der Waals surface area contributed by atoms with Crippen molar-refractivity contribution < 1.29 is 24.0 Å². The van der Waals surface area contributed by atoms with Crippen LogP contribution < -0.4 is 31.9 Å². The van der Waals surface area contributed by atoms with E-state index >= 15 is 0 Å². The van der Waals surface area contributed by atoms with Crippen molar-refractivity contribution in [2.75, 3.05) is 33.2 Å². The van der Waals surface area contributed by atoms with Gasteiger partial charge in [0, 0.05) is 18.5 Å². The summed E-state index contributed by atoms with van der Waals surface area (Å²) < 4.78 is 0. The van der Waals surface area contributed by atoms with E-state index in [1.165, 1.54) is 0 Å². The van der Waals surface area contributed by atoms with Crippen LogP contribution in [0.3, 0.4) is 0 Å². The van der Waals surface area contributed by atoms with Gasteiger partial charge < -0.3 is 36.8 Å². The highest BCUT2D eigenvalue weighted by atomic mass is 16.2. The molecule has 0 aliphatic carbocycles. The van der Waals surface area contributed by atoms with E-state index in [0.717, 1.165) is 25.9 Å². The smallest absolute Gasteiger partial charge is 0.247 e. The maximum atomic E-state index is 13.8. The van der Waals surface area contributed by atoms with Gasteiger partial charge in [0.2, 0.25) is 29.5 Å². The number of carbonyl (C=O) groups excluding carboxylic acids is 5. The molecule has 0 unspecified atom stereocenters. The minimum atomic E-state index is -1.41. The third kappa shape index (κ3) is 9.75. The second-order valence-corrected chi connectivity index (χ2v) is 12.2. The summed E-state index contributed by atoms with van der Waals surface area (Å²) in [7, 11) is 2.09. The van der Waals surface area contributed by atoms with Crippen molar-refractivity contribution in [3.63, 3.8) is 0 Å². The first-order valence-corrected chi connectivity index (χ1v) is 15.4. The lowest BCUT2D eigenvalue weighted by Gasteiger charge is -2.34. The predicted molar refractivity (Wildman–Crippen MR) is 164 cm³/mol. The molecule has 0 spiro atoms. The average Bonchev–Trinajstić information content (AvgIpc) is 2.98. The SMILES string of the molecule is CC[C@@H]1NC(=O)[C@H](CCNC2CCN(C)CC2)NC(=O)[C@](C)(NC(=O)C(C)C)CCNC(=O)[C@@H](c2ccccc2)NC1=O. The molecule has 238 valence electrons. The number of hydrogen-bond donors (Lipinski definition) is 6. The van der Waals surface area contributed by atoms with Crippen LogP contribution in [-0.4, -0.2) is 91.3 Å². The molecule has 12 heteroatoms. The molecule has 0 saturated carbocycles. The molecular formula is C31H49N7O5. The number of benzene rings is 1. The largest absolute Gasteiger partial charge is 0.354 e. The van der Waals surface area contributed by atoms with Crippen molar-refractivity contribution in [3.05, 3.63) is 35.9 Å². The number of likely N-dealkylation sites (tertiary alicyclic amines) is 1. The number of nitrogens with one attached hydrogen (secondary N) is 6. The van der Waals surface area contributed by atoms with Crippen LogP contribution in [0.4, 0.5) is 0 Å². The molecule has 5 amide bonds. The number of nitrogens with zero attached hydrogens (tertiary/aromatic N) is 1. The third-order valence-electron chi connectivity index (χ3n) is 8.28. The van der Waals surface area contributed by atoms with Gasteiger partial charge in [-0.15, -0.1) is 0 Å². The molecule has 0 radical (unpaired) electrons. The monoisotopic (exact) mass is 599 g/mol. The van der Waals surface area contributed by atoms with E-state index in [0.29, 0.717) is 24.6 Å². The average molecular weight is 600 g/mol. The van der Waals surface area contributed by atoms with E-state index in [9.17, 15) is 24.0 Å². The quantitative estimate of drug-likeness (QED) is 0.251. The van der Waals surface area contributed by atoms with Crippen molar-refractivity contribution in [1.29, 1.82) is 0 Å². The first kappa shape index (κ1) is 34.0. The van der Waals surface area contributed by atoms with Crippen LogP contribution in [0.1, 0.15) is 71.4 Å². The molecule has 2 aliphatic heterocycles. The highest BCUT2D eigenvalue weighted by molar-refractivity contribution is 5.97. The molecule has 0 aromatic heterocycles. The van der Waals surface area contributed by atoms with Crippen LogP contribution in [0, 0.1) is 5.92 Å². The molecule has 1 aromatic carbocycles. The lowest BCUT2D eigenvalue weighted by Crippen LogP contribution is -2.63. The second kappa shape index (κ2) is 15.8. The summed E-state index contributed by atoms with van der Waals surface area (Å²) in [6.45, 7) is 9.31. The molecule has 3 rings (SSSR count). The van der Waals surface area contributed by atoms with Gasteiger partial charge in [-0.05, 0) is 71.3 Å². The zero-order valence-corrected chi connectivity index (χ0v) is 26.1. The molecule has 12 nitrogen and oxygen atoms in total. The molecule has 4 atom stereocenters. The minimum absolute atomic E-state index is 0.0477. The zero-order chi connectivity index (χ0) is 31.6. The van der Waals surface area contributed by atoms with Crippen molar-refractivity contribution >= 4 is 29.5 Å². The van der Waals surface area contributed by atoms with Gasteiger partial charge in [-0.3, -0.25) is 24.0 Å². The maximum Gasteiger partial charge on any atom is 0.247 e. The van der Waals surface area contributed by atoms with Gasteiger partial charge in [-0.1, -0.05) is 51.1 Å². The van der Waals surface area contributed by atoms with Gasteiger partial charge in [0.15, 0.2) is 0 Å². The molecule has 2 fully saturated rings. The Morgan fingerprint density at radius 1 is 0.977 bits per heavy atom. The van der Waals surface area contributed by atoms with Crippen molar-refractivity contribution in [2.45, 2.75) is 89.5 Å². The summed E-state index contributed by atoms with van der Waals surface area (Å²) in [6, 6.07) is 6.25. The normalized spacial score (nSPS) is 27.0. The van der Waals surface area contributed by atoms with Gasteiger partial charge in [-0.25, -0.2) is 0 Å². The molecule has 43 heavy (non-hydrogen) atoms. The van der Waals surface area contributed by atoms with Crippen LogP contribution in [0.25, 0.3) is 0 Å². The van der Waals surface area contributed by atoms with E-state index in [-0.39, 0.29) is 31.2 Å². The van der Waals surface area contributed by atoms with Gasteiger partial charge in [-0.2, -0.15) is 0 Å². The Balaban J connectivity index is 1.88. The molecule has 1 aromatic rings. The second-order valence-electron chi connectivity index (χ2n) is 12.2. The van der Waals surface area contributed by atoms with Crippen LogP contribution in [-0.2, 0) is 24.0 Å². The van der Waals surface area contributed by atoms with Gasteiger partial charge in [0.1, 0.15) is 23.7 Å². The van der Waals surface area contributed by atoms with Crippen molar-refractivity contribution in [2.24, 2.45) is 5.92 Å². The molecule has 6 N–H and O–H groups in total. The van der Waals surface area contributed by atoms with E-state index in [1.54, 1.807) is 52.0 Å². The third-order valence-corrected chi connectivity index (χ3v) is 8.28. The number of hydrogen-bond acceptors (Lipinski definition) is 7. The number of piperidine rings is 1. The van der Waals surface area contributed by atoms with Crippen LogP contribution in [0.5, 0.6) is 0 Å². The highest BCUT2D eigenvalue weighted by Gasteiger charge is 2.39. The molecule has 2 aliphatic rings. The zero-order valence-electron chi connectivity index (χ0n) is 26.1. The summed E-state index contributed by atoms with van der Waals surface area (Å²) in [6.07, 6.45) is 2.62. The Labute approximate surface area is 254 Å². The summed E-state index contributed by atoms with van der Waals surface area (Å²) in [5.74, 6) is -2.71. The Bertz CT molecular complexity index is 1120. The van der Waals surface area contributed by atoms with E-state index < -0.39 is 47.3 Å². The van der Waals surface area contributed by atoms with Gasteiger partial charge in [0.25, 0.3) is 0 Å². The summed E-state index contributed by atoms with van der Waals surface area (Å²) in [5, 5.41) is 17.6. The Kier molecular flexibility index (Phi) is 12.5. The van der Waals surface area contributed by atoms with Crippen LogP contribution in [0.15, 0.2) is 30.3 Å². The van der Waals surface area contributed by atoms with Crippen LogP contribution in [0.2, 0.25) is 0 Å². The van der Waals surface area contributed by atoms with E-state index in [4.69, 9.17) is 0 Å². The lowest BCUT2D eigenvalue weighted by molar-refractivity contribution is -0.138. The molecule has 2 heterocycles. The molecule has 2 saturated heterocycles. The maximum absolute atomic E-state index is 13.8. The van der Waals surface area contributed by atoms with E-state index in [2.05, 4.69) is 43.8 Å². The standard InChI is InChI=1S/C31H49N7O5/c1-6-23-27(40)36-25(21-10-8-7-9-11-21)29(42)33-17-15-31(4,37-26(39)20(2)3)30(43)35-24(28(41)34-23)12-16-32-22-13-18-38(5)19-14-22/h7-11,20,22-25,32H,6,12-19H2,1-5H3,(H,33,42)(H,34,41)(H,35,43)(H,36,40)(H,37,39)/t23-,24-,25+,31+/m0/s1. The predicted octanol–water partition coefficient (Wildman–Crippen LogP) is 0.348. The Hall–Kier alpha value is -3.51. The number of rotatable bonds is 8. The van der Waals surface area contributed by atoms with Crippen LogP contribution >= 0.6 is 0 Å². The summed E-state index contributed by atoms with van der Waals surface area (Å²) in [4.78, 5) is 69.1. The first-order valence-electron chi connectivity index (χ1n) is 15.4. The number of amides is 5. The van der Waals surface area contributed by atoms with E-state index in [1.807, 2.05) is 6.07 Å².